The molecule has 3 aromatic heterocycles. The molecule has 1 aliphatic heterocycles. The topological polar surface area (TPSA) is 81.8 Å². The number of hydrogen-bond acceptors (Lipinski definition) is 5. The van der Waals surface area contributed by atoms with Crippen molar-refractivity contribution in [3.63, 3.8) is 0 Å². The molecule has 164 valence electrons. The van der Waals surface area contributed by atoms with Crippen molar-refractivity contribution in [3.8, 4) is 5.69 Å². The Labute approximate surface area is 187 Å². The van der Waals surface area contributed by atoms with Crippen LogP contribution in [-0.2, 0) is 13.0 Å². The molecule has 1 N–H and O–H groups in total. The van der Waals surface area contributed by atoms with E-state index in [-0.39, 0.29) is 23.3 Å². The van der Waals surface area contributed by atoms with Gasteiger partial charge in [0.2, 0.25) is 0 Å². The monoisotopic (exact) mass is 451 g/mol. The summed E-state index contributed by atoms with van der Waals surface area (Å²) in [5.41, 5.74) is 3.08. The van der Waals surface area contributed by atoms with Crippen molar-refractivity contribution in [1.29, 1.82) is 0 Å². The third kappa shape index (κ3) is 3.24. The van der Waals surface area contributed by atoms with Crippen molar-refractivity contribution in [1.82, 2.24) is 24.6 Å². The first-order chi connectivity index (χ1) is 15.3. The van der Waals surface area contributed by atoms with E-state index in [1.165, 1.54) is 23.5 Å². The van der Waals surface area contributed by atoms with Crippen LogP contribution in [0.25, 0.3) is 15.9 Å². The summed E-state index contributed by atoms with van der Waals surface area (Å²) in [6.45, 7) is 6.29. The Morgan fingerprint density at radius 3 is 2.75 bits per heavy atom. The highest BCUT2D eigenvalue weighted by atomic mass is 32.1. The molecular formula is C23H22FN5O2S. The number of hydrogen-bond donors (Lipinski definition) is 1. The Balaban J connectivity index is 1.43. The Kier molecular flexibility index (Phi) is 4.93. The number of rotatable bonds is 4. The van der Waals surface area contributed by atoms with E-state index in [4.69, 9.17) is 0 Å². The Morgan fingerprint density at radius 1 is 1.25 bits per heavy atom. The number of carbonyl (C=O) groups excluding carboxylic acids is 1. The minimum atomic E-state index is -0.308. The van der Waals surface area contributed by atoms with E-state index in [0.29, 0.717) is 27.2 Å². The predicted octanol–water partition coefficient (Wildman–Crippen LogP) is 3.84. The lowest BCUT2D eigenvalue weighted by Crippen LogP contribution is -2.27. The maximum atomic E-state index is 13.2. The molecule has 0 bridgehead atoms. The van der Waals surface area contributed by atoms with Gasteiger partial charge in [0.25, 0.3) is 11.5 Å². The number of nitrogens with zero attached hydrogens (tertiary/aromatic N) is 4. The van der Waals surface area contributed by atoms with Gasteiger partial charge in [-0.15, -0.1) is 11.3 Å². The molecule has 9 heteroatoms. The average Bonchev–Trinajstić information content (AvgIpc) is 3.46. The summed E-state index contributed by atoms with van der Waals surface area (Å²) in [5, 5.41) is 7.98. The van der Waals surface area contributed by atoms with E-state index >= 15 is 0 Å². The quantitative estimate of drug-likeness (QED) is 0.511. The molecule has 7 nitrogen and oxygen atoms in total. The third-order valence-electron chi connectivity index (χ3n) is 6.05. The van der Waals surface area contributed by atoms with Crippen LogP contribution in [0, 0.1) is 19.7 Å². The second kappa shape index (κ2) is 7.67. The number of fused-ring (bicyclic) bond motifs is 2. The summed E-state index contributed by atoms with van der Waals surface area (Å²) in [7, 11) is 0. The molecule has 0 saturated carbocycles. The van der Waals surface area contributed by atoms with Crippen LogP contribution < -0.4 is 10.9 Å². The van der Waals surface area contributed by atoms with Gasteiger partial charge in [-0.05, 0) is 57.0 Å². The van der Waals surface area contributed by atoms with Crippen molar-refractivity contribution in [3.05, 3.63) is 74.2 Å². The number of benzene rings is 1. The van der Waals surface area contributed by atoms with Gasteiger partial charge in [0, 0.05) is 24.2 Å². The van der Waals surface area contributed by atoms with E-state index < -0.39 is 0 Å². The van der Waals surface area contributed by atoms with Gasteiger partial charge in [-0.25, -0.2) is 14.1 Å². The minimum Gasteiger partial charge on any atom is -0.345 e. The molecular weight excluding hydrogens is 429 g/mol. The first kappa shape index (κ1) is 20.6. The van der Waals surface area contributed by atoms with Gasteiger partial charge in [-0.2, -0.15) is 5.10 Å². The third-order valence-corrected chi connectivity index (χ3v) is 7.24. The van der Waals surface area contributed by atoms with E-state index in [0.717, 1.165) is 35.6 Å². The maximum absolute atomic E-state index is 13.2. The molecule has 0 radical (unpaired) electrons. The number of amides is 1. The number of nitrogens with one attached hydrogen (secondary N) is 1. The van der Waals surface area contributed by atoms with Gasteiger partial charge >= 0.3 is 0 Å². The number of thiophene rings is 1. The predicted molar refractivity (Wildman–Crippen MR) is 121 cm³/mol. The molecule has 1 aromatic carbocycles. The smallest absolute Gasteiger partial charge is 0.262 e. The zero-order valence-electron chi connectivity index (χ0n) is 18.0. The Hall–Kier alpha value is -3.33. The molecule has 4 heterocycles. The number of carbonyl (C=O) groups is 1. The van der Waals surface area contributed by atoms with Crippen LogP contribution in [0.5, 0.6) is 0 Å². The maximum Gasteiger partial charge on any atom is 0.262 e. The van der Waals surface area contributed by atoms with E-state index in [9.17, 15) is 14.0 Å². The van der Waals surface area contributed by atoms with Crippen LogP contribution >= 0.6 is 11.3 Å². The fourth-order valence-electron chi connectivity index (χ4n) is 4.32. The molecule has 5 rings (SSSR count). The second-order valence-corrected chi connectivity index (χ2v) is 9.09. The molecule has 0 spiro atoms. The first-order valence-corrected chi connectivity index (χ1v) is 11.3. The lowest BCUT2D eigenvalue weighted by atomic mass is 10.1. The summed E-state index contributed by atoms with van der Waals surface area (Å²) in [5.74, 6) is 0.252. The van der Waals surface area contributed by atoms with Crippen LogP contribution in [-0.4, -0.2) is 25.2 Å². The summed E-state index contributed by atoms with van der Waals surface area (Å²) in [6, 6.07) is 5.79. The number of halogens is 1. The highest BCUT2D eigenvalue weighted by Crippen LogP contribution is 2.29. The zero-order valence-corrected chi connectivity index (χ0v) is 18.8. The fourth-order valence-corrected chi connectivity index (χ4v) is 5.42. The molecule has 0 saturated heterocycles. The van der Waals surface area contributed by atoms with E-state index in [1.807, 2.05) is 13.8 Å². The lowest BCUT2D eigenvalue weighted by Gasteiger charge is -2.14. The van der Waals surface area contributed by atoms with Crippen molar-refractivity contribution in [2.45, 2.75) is 46.2 Å². The second-order valence-electron chi connectivity index (χ2n) is 8.09. The van der Waals surface area contributed by atoms with Crippen molar-refractivity contribution in [2.75, 3.05) is 0 Å². The molecule has 1 amide bonds. The van der Waals surface area contributed by atoms with Crippen LogP contribution in [0.2, 0.25) is 0 Å². The standard InChI is InChI=1S/C23H22FN5O2S/c1-12-19-22(27-18-5-4-10-28(18)23(19)31)32-20(12)21(30)26-13(2)17-11-25-29(14(17)3)16-8-6-15(24)7-9-16/h6-9,11,13H,4-5,10H2,1-3H3,(H,26,30). The lowest BCUT2D eigenvalue weighted by molar-refractivity contribution is 0.0943. The molecule has 32 heavy (non-hydrogen) atoms. The number of aryl methyl sites for hydroxylation is 2. The van der Waals surface area contributed by atoms with E-state index in [1.54, 1.807) is 34.5 Å². The molecule has 0 aliphatic carbocycles. The van der Waals surface area contributed by atoms with Gasteiger partial charge in [-0.1, -0.05) is 0 Å². The van der Waals surface area contributed by atoms with Crippen molar-refractivity contribution < 1.29 is 9.18 Å². The van der Waals surface area contributed by atoms with Crippen LogP contribution in [0.3, 0.4) is 0 Å². The molecule has 1 atom stereocenters. The normalized spacial score (nSPS) is 14.0. The number of aromatic nitrogens is 4. The summed E-state index contributed by atoms with van der Waals surface area (Å²) in [6.07, 6.45) is 3.42. The van der Waals surface area contributed by atoms with Crippen molar-refractivity contribution >= 4 is 27.5 Å². The highest BCUT2D eigenvalue weighted by molar-refractivity contribution is 7.20. The highest BCUT2D eigenvalue weighted by Gasteiger charge is 2.25. The molecule has 1 aliphatic rings. The SMILES string of the molecule is Cc1c(C(=O)NC(C)c2cnn(-c3ccc(F)cc3)c2C)sc2nc3n(c(=O)c12)CCC3. The largest absolute Gasteiger partial charge is 0.345 e. The van der Waals surface area contributed by atoms with Gasteiger partial charge in [0.1, 0.15) is 16.5 Å². The molecule has 1 unspecified atom stereocenters. The van der Waals surface area contributed by atoms with E-state index in [2.05, 4.69) is 15.4 Å². The fraction of sp³-hybridized carbons (Fsp3) is 0.304. The van der Waals surface area contributed by atoms with Gasteiger partial charge in [-0.3, -0.25) is 14.2 Å². The van der Waals surface area contributed by atoms with Crippen molar-refractivity contribution in [2.24, 2.45) is 0 Å². The van der Waals surface area contributed by atoms with Gasteiger partial charge < -0.3 is 5.32 Å². The first-order valence-electron chi connectivity index (χ1n) is 10.5. The van der Waals surface area contributed by atoms with Gasteiger partial charge in [0.15, 0.2) is 0 Å². The van der Waals surface area contributed by atoms with Crippen LogP contribution in [0.4, 0.5) is 4.39 Å². The average molecular weight is 452 g/mol. The van der Waals surface area contributed by atoms with Crippen LogP contribution in [0.15, 0.2) is 35.3 Å². The summed E-state index contributed by atoms with van der Waals surface area (Å²) in [4.78, 5) is 31.8. The summed E-state index contributed by atoms with van der Waals surface area (Å²) < 4.78 is 16.7. The van der Waals surface area contributed by atoms with Gasteiger partial charge in [0.05, 0.1) is 28.2 Å². The Bertz CT molecular complexity index is 1420. The molecule has 4 aromatic rings. The minimum absolute atomic E-state index is 0.0558. The zero-order chi connectivity index (χ0) is 22.6. The van der Waals surface area contributed by atoms with Crippen LogP contribution in [0.1, 0.15) is 51.7 Å². The Morgan fingerprint density at radius 2 is 2.00 bits per heavy atom. The molecule has 0 fully saturated rings. The summed E-state index contributed by atoms with van der Waals surface area (Å²) >= 11 is 1.26.